The van der Waals surface area contributed by atoms with Crippen LogP contribution in [0.1, 0.15) is 21.9 Å². The van der Waals surface area contributed by atoms with Crippen LogP contribution >= 0.6 is 11.8 Å². The van der Waals surface area contributed by atoms with Crippen LogP contribution in [0.15, 0.2) is 72.0 Å². The van der Waals surface area contributed by atoms with Gasteiger partial charge in [0, 0.05) is 24.6 Å². The molecule has 0 radical (unpaired) electrons. The lowest BCUT2D eigenvalue weighted by atomic mass is 10.0. The van der Waals surface area contributed by atoms with Gasteiger partial charge in [-0.05, 0) is 29.0 Å². The van der Waals surface area contributed by atoms with Crippen molar-refractivity contribution in [1.29, 1.82) is 0 Å². The largest absolute Gasteiger partial charge is 0.345 e. The molecule has 4 aromatic rings. The third kappa shape index (κ3) is 3.89. The minimum Gasteiger partial charge on any atom is -0.345 e. The molecule has 0 fully saturated rings. The standard InChI is InChI=1S/C21H19N5OS/c1-26-19(24-25-21(26)28-14-16-9-4-5-12-22-16)13-23-20(27)18-11-6-8-15-7-2-3-10-17(15)18/h2-12H,13-14H2,1H3,(H,23,27). The summed E-state index contributed by atoms with van der Waals surface area (Å²) in [6.45, 7) is 0.315. The third-order valence-corrected chi connectivity index (χ3v) is 5.50. The van der Waals surface area contributed by atoms with Crippen molar-refractivity contribution in [2.45, 2.75) is 17.5 Å². The molecule has 0 saturated carbocycles. The Balaban J connectivity index is 1.42. The molecule has 140 valence electrons. The van der Waals surface area contributed by atoms with Crippen LogP contribution in [0.2, 0.25) is 0 Å². The Morgan fingerprint density at radius 2 is 1.86 bits per heavy atom. The van der Waals surface area contributed by atoms with Crippen molar-refractivity contribution in [2.24, 2.45) is 7.05 Å². The van der Waals surface area contributed by atoms with E-state index < -0.39 is 0 Å². The van der Waals surface area contributed by atoms with Gasteiger partial charge in [-0.1, -0.05) is 54.2 Å². The van der Waals surface area contributed by atoms with E-state index in [-0.39, 0.29) is 5.91 Å². The number of hydrogen-bond donors (Lipinski definition) is 1. The molecule has 0 saturated heterocycles. The average Bonchev–Trinajstić information content (AvgIpc) is 3.10. The van der Waals surface area contributed by atoms with Crippen molar-refractivity contribution in [3.8, 4) is 0 Å². The third-order valence-electron chi connectivity index (χ3n) is 4.44. The zero-order chi connectivity index (χ0) is 19.3. The van der Waals surface area contributed by atoms with E-state index in [1.807, 2.05) is 72.3 Å². The number of hydrogen-bond acceptors (Lipinski definition) is 5. The van der Waals surface area contributed by atoms with E-state index in [1.165, 1.54) is 0 Å². The Labute approximate surface area is 167 Å². The summed E-state index contributed by atoms with van der Waals surface area (Å²) in [6.07, 6.45) is 1.78. The summed E-state index contributed by atoms with van der Waals surface area (Å²) in [4.78, 5) is 17.0. The lowest BCUT2D eigenvalue weighted by molar-refractivity contribution is 0.0951. The van der Waals surface area contributed by atoms with Crippen LogP contribution < -0.4 is 5.32 Å². The van der Waals surface area contributed by atoms with Gasteiger partial charge in [-0.3, -0.25) is 9.78 Å². The highest BCUT2D eigenvalue weighted by molar-refractivity contribution is 7.98. The molecular formula is C21H19N5OS. The smallest absolute Gasteiger partial charge is 0.252 e. The second-order valence-corrected chi connectivity index (χ2v) is 7.22. The number of benzene rings is 2. The lowest BCUT2D eigenvalue weighted by Crippen LogP contribution is -2.24. The van der Waals surface area contributed by atoms with Gasteiger partial charge in [0.25, 0.3) is 5.91 Å². The molecule has 1 N–H and O–H groups in total. The van der Waals surface area contributed by atoms with Gasteiger partial charge in [0.15, 0.2) is 11.0 Å². The SMILES string of the molecule is Cn1c(CNC(=O)c2cccc3ccccc23)nnc1SCc1ccccn1. The number of fused-ring (bicyclic) bond motifs is 1. The Kier molecular flexibility index (Phi) is 5.34. The van der Waals surface area contributed by atoms with Crippen molar-refractivity contribution < 1.29 is 4.79 Å². The van der Waals surface area contributed by atoms with E-state index in [1.54, 1.807) is 18.0 Å². The molecule has 0 aliphatic carbocycles. The number of thioether (sulfide) groups is 1. The Bertz CT molecular complexity index is 1100. The fourth-order valence-electron chi connectivity index (χ4n) is 2.92. The van der Waals surface area contributed by atoms with Crippen LogP contribution in [0.25, 0.3) is 10.8 Å². The van der Waals surface area contributed by atoms with Crippen LogP contribution in [0.3, 0.4) is 0 Å². The molecule has 0 aliphatic rings. The van der Waals surface area contributed by atoms with E-state index in [4.69, 9.17) is 0 Å². The number of aromatic nitrogens is 4. The maximum absolute atomic E-state index is 12.7. The summed E-state index contributed by atoms with van der Waals surface area (Å²) in [5.74, 6) is 1.30. The minimum absolute atomic E-state index is 0.123. The Hall–Kier alpha value is -3.19. The van der Waals surface area contributed by atoms with Crippen molar-refractivity contribution in [1.82, 2.24) is 25.1 Å². The van der Waals surface area contributed by atoms with E-state index >= 15 is 0 Å². The molecule has 0 unspecified atom stereocenters. The molecule has 7 heteroatoms. The number of pyridine rings is 1. The highest BCUT2D eigenvalue weighted by Gasteiger charge is 2.13. The van der Waals surface area contributed by atoms with Crippen molar-refractivity contribution in [3.63, 3.8) is 0 Å². The monoisotopic (exact) mass is 389 g/mol. The summed E-state index contributed by atoms with van der Waals surface area (Å²) < 4.78 is 1.90. The van der Waals surface area contributed by atoms with Crippen LogP contribution in [0.5, 0.6) is 0 Å². The highest BCUT2D eigenvalue weighted by Crippen LogP contribution is 2.21. The normalized spacial score (nSPS) is 10.9. The molecule has 2 aromatic carbocycles. The first-order valence-electron chi connectivity index (χ1n) is 8.89. The van der Waals surface area contributed by atoms with Gasteiger partial charge in [-0.2, -0.15) is 0 Å². The van der Waals surface area contributed by atoms with Gasteiger partial charge in [-0.25, -0.2) is 0 Å². The molecule has 6 nitrogen and oxygen atoms in total. The van der Waals surface area contributed by atoms with Crippen molar-refractivity contribution >= 4 is 28.4 Å². The number of nitrogens with zero attached hydrogens (tertiary/aromatic N) is 4. The van der Waals surface area contributed by atoms with Gasteiger partial charge in [0.05, 0.1) is 12.2 Å². The molecule has 2 aromatic heterocycles. The van der Waals surface area contributed by atoms with Crippen molar-refractivity contribution in [3.05, 3.63) is 83.9 Å². The summed E-state index contributed by atoms with van der Waals surface area (Å²) >= 11 is 1.57. The van der Waals surface area contributed by atoms with Gasteiger partial charge >= 0.3 is 0 Å². The maximum Gasteiger partial charge on any atom is 0.252 e. The molecule has 1 amide bonds. The molecule has 2 heterocycles. The Morgan fingerprint density at radius 1 is 1.04 bits per heavy atom. The molecule has 4 rings (SSSR count). The maximum atomic E-state index is 12.7. The van der Waals surface area contributed by atoms with E-state index in [2.05, 4.69) is 20.5 Å². The molecule has 0 spiro atoms. The topological polar surface area (TPSA) is 72.7 Å². The zero-order valence-corrected chi connectivity index (χ0v) is 16.2. The Morgan fingerprint density at radius 3 is 2.71 bits per heavy atom. The van der Waals surface area contributed by atoms with Gasteiger partial charge < -0.3 is 9.88 Å². The summed E-state index contributed by atoms with van der Waals surface area (Å²) in [5.41, 5.74) is 1.64. The summed E-state index contributed by atoms with van der Waals surface area (Å²) in [6, 6.07) is 19.4. The second kappa shape index (κ2) is 8.22. The van der Waals surface area contributed by atoms with Gasteiger partial charge in [0.2, 0.25) is 0 Å². The fourth-order valence-corrected chi connectivity index (χ4v) is 3.77. The predicted molar refractivity (Wildman–Crippen MR) is 110 cm³/mol. The van der Waals surface area contributed by atoms with Crippen LogP contribution in [-0.2, 0) is 19.3 Å². The number of nitrogens with one attached hydrogen (secondary N) is 1. The van der Waals surface area contributed by atoms with Crippen molar-refractivity contribution in [2.75, 3.05) is 0 Å². The lowest BCUT2D eigenvalue weighted by Gasteiger charge is -2.08. The van der Waals surface area contributed by atoms with E-state index in [0.717, 1.165) is 27.4 Å². The number of rotatable bonds is 6. The fraction of sp³-hybridized carbons (Fsp3) is 0.143. The molecule has 0 aliphatic heterocycles. The second-order valence-electron chi connectivity index (χ2n) is 6.28. The van der Waals surface area contributed by atoms with Gasteiger partial charge in [0.1, 0.15) is 0 Å². The first-order valence-corrected chi connectivity index (χ1v) is 9.88. The van der Waals surface area contributed by atoms with Crippen LogP contribution in [0.4, 0.5) is 0 Å². The van der Waals surface area contributed by atoms with Crippen LogP contribution in [0, 0.1) is 0 Å². The highest BCUT2D eigenvalue weighted by atomic mass is 32.2. The molecule has 0 bridgehead atoms. The summed E-state index contributed by atoms with van der Waals surface area (Å²) in [5, 5.41) is 14.2. The number of carbonyl (C=O) groups excluding carboxylic acids is 1. The average molecular weight is 389 g/mol. The number of amides is 1. The van der Waals surface area contributed by atoms with Crippen LogP contribution in [-0.4, -0.2) is 25.7 Å². The predicted octanol–water partition coefficient (Wildman–Crippen LogP) is 3.59. The summed E-state index contributed by atoms with van der Waals surface area (Å²) in [7, 11) is 1.90. The van der Waals surface area contributed by atoms with E-state index in [9.17, 15) is 4.79 Å². The minimum atomic E-state index is -0.123. The first-order chi connectivity index (χ1) is 13.7. The zero-order valence-electron chi connectivity index (χ0n) is 15.4. The van der Waals surface area contributed by atoms with Gasteiger partial charge in [-0.15, -0.1) is 10.2 Å². The quantitative estimate of drug-likeness (QED) is 0.510. The molecular weight excluding hydrogens is 370 g/mol. The van der Waals surface area contributed by atoms with E-state index in [0.29, 0.717) is 17.9 Å². The molecule has 28 heavy (non-hydrogen) atoms. The number of carbonyl (C=O) groups is 1. The first kappa shape index (κ1) is 18.2. The molecule has 0 atom stereocenters.